The molecule has 0 spiro atoms. The number of halogens is 1. The second-order valence-electron chi connectivity index (χ2n) is 6.42. The number of nitrogens with zero attached hydrogens (tertiary/aromatic N) is 6. The largest absolute Gasteiger partial charge is 0.342 e. The summed E-state index contributed by atoms with van der Waals surface area (Å²) in [6, 6.07) is 7.34. The summed E-state index contributed by atoms with van der Waals surface area (Å²) in [6.07, 6.45) is 6.06. The molecule has 9 heteroatoms. The summed E-state index contributed by atoms with van der Waals surface area (Å²) < 4.78 is 1.63. The fourth-order valence-electron chi connectivity index (χ4n) is 3.16. The minimum Gasteiger partial charge on any atom is -0.342 e. The van der Waals surface area contributed by atoms with Gasteiger partial charge in [0.15, 0.2) is 11.2 Å². The molecule has 1 aliphatic heterocycles. The first-order valence-corrected chi connectivity index (χ1v) is 10.3. The van der Waals surface area contributed by atoms with E-state index in [-0.39, 0.29) is 5.91 Å². The highest BCUT2D eigenvalue weighted by atomic mass is 35.5. The summed E-state index contributed by atoms with van der Waals surface area (Å²) in [4.78, 5) is 23.1. The summed E-state index contributed by atoms with van der Waals surface area (Å²) in [7, 11) is 0. The van der Waals surface area contributed by atoms with E-state index in [4.69, 9.17) is 11.6 Å². The number of carbonyl (C=O) groups excluding carboxylic acids is 1. The van der Waals surface area contributed by atoms with E-state index in [0.717, 1.165) is 31.6 Å². The fourth-order valence-corrected chi connectivity index (χ4v) is 4.17. The maximum absolute atomic E-state index is 12.5. The smallest absolute Gasteiger partial charge is 0.232 e. The standard InChI is InChI=1S/C18H19ClN6OS/c19-13-6-5-7-14(10-13)25-17-16(22-23-25)18(21-12-20-17)27-11-15(26)24-8-3-1-2-4-9-24/h5-7,10,12H,1-4,8-9,11H2. The fraction of sp³-hybridized carbons (Fsp3) is 0.389. The predicted molar refractivity (Wildman–Crippen MR) is 105 cm³/mol. The summed E-state index contributed by atoms with van der Waals surface area (Å²) in [5, 5.41) is 9.70. The van der Waals surface area contributed by atoms with E-state index in [1.165, 1.54) is 30.9 Å². The second kappa shape index (κ2) is 8.22. The third-order valence-electron chi connectivity index (χ3n) is 4.55. The Balaban J connectivity index is 1.54. The van der Waals surface area contributed by atoms with Crippen LogP contribution in [0.25, 0.3) is 16.9 Å². The van der Waals surface area contributed by atoms with Crippen LogP contribution in [0, 0.1) is 0 Å². The monoisotopic (exact) mass is 402 g/mol. The molecule has 140 valence electrons. The Kier molecular flexibility index (Phi) is 5.54. The van der Waals surface area contributed by atoms with Crippen molar-refractivity contribution >= 4 is 40.4 Å². The first-order valence-electron chi connectivity index (χ1n) is 8.95. The molecule has 3 aromatic rings. The van der Waals surface area contributed by atoms with Crippen molar-refractivity contribution < 1.29 is 4.79 Å². The molecule has 0 aliphatic carbocycles. The van der Waals surface area contributed by atoms with Crippen molar-refractivity contribution in [3.63, 3.8) is 0 Å². The molecule has 0 saturated carbocycles. The Hall–Kier alpha value is -2.19. The first-order chi connectivity index (χ1) is 13.2. The molecule has 27 heavy (non-hydrogen) atoms. The van der Waals surface area contributed by atoms with E-state index in [1.807, 2.05) is 17.0 Å². The van der Waals surface area contributed by atoms with Crippen LogP contribution in [0.5, 0.6) is 0 Å². The van der Waals surface area contributed by atoms with Crippen LogP contribution in [0.3, 0.4) is 0 Å². The lowest BCUT2D eigenvalue weighted by Crippen LogP contribution is -2.33. The maximum atomic E-state index is 12.5. The molecule has 1 aromatic carbocycles. The number of hydrogen-bond donors (Lipinski definition) is 0. The zero-order valence-electron chi connectivity index (χ0n) is 14.7. The molecule has 0 atom stereocenters. The molecule has 7 nitrogen and oxygen atoms in total. The molecular formula is C18H19ClN6OS. The number of aromatic nitrogens is 5. The molecule has 1 aliphatic rings. The van der Waals surface area contributed by atoms with Gasteiger partial charge in [-0.25, -0.2) is 9.97 Å². The highest BCUT2D eigenvalue weighted by molar-refractivity contribution is 8.00. The van der Waals surface area contributed by atoms with Crippen LogP contribution < -0.4 is 0 Å². The van der Waals surface area contributed by atoms with Gasteiger partial charge in [-0.3, -0.25) is 4.79 Å². The van der Waals surface area contributed by atoms with Crippen LogP contribution in [-0.4, -0.2) is 54.6 Å². The molecular weight excluding hydrogens is 384 g/mol. The number of amides is 1. The highest BCUT2D eigenvalue weighted by Gasteiger charge is 2.18. The summed E-state index contributed by atoms with van der Waals surface area (Å²) in [6.45, 7) is 1.70. The molecule has 0 radical (unpaired) electrons. The first kappa shape index (κ1) is 18.2. The molecule has 0 unspecified atom stereocenters. The lowest BCUT2D eigenvalue weighted by Gasteiger charge is -2.19. The third kappa shape index (κ3) is 4.06. The highest BCUT2D eigenvalue weighted by Crippen LogP contribution is 2.25. The Morgan fingerprint density at radius 2 is 1.96 bits per heavy atom. The average Bonchev–Trinajstić information content (AvgIpc) is 2.93. The number of likely N-dealkylation sites (tertiary alicyclic amines) is 1. The summed E-state index contributed by atoms with van der Waals surface area (Å²) in [5.74, 6) is 0.492. The van der Waals surface area contributed by atoms with Gasteiger partial charge in [0.1, 0.15) is 11.4 Å². The van der Waals surface area contributed by atoms with E-state index in [2.05, 4.69) is 20.3 Å². The predicted octanol–water partition coefficient (Wildman–Crippen LogP) is 3.36. The number of benzene rings is 1. The minimum absolute atomic E-state index is 0.149. The molecule has 0 bridgehead atoms. The zero-order chi connectivity index (χ0) is 18.6. The van der Waals surface area contributed by atoms with Crippen LogP contribution in [0.4, 0.5) is 0 Å². The van der Waals surface area contributed by atoms with Crippen molar-refractivity contribution in [1.82, 2.24) is 29.9 Å². The molecule has 1 fully saturated rings. The van der Waals surface area contributed by atoms with Gasteiger partial charge in [-0.1, -0.05) is 47.5 Å². The lowest BCUT2D eigenvalue weighted by atomic mass is 10.2. The number of carbonyl (C=O) groups is 1. The number of hydrogen-bond acceptors (Lipinski definition) is 6. The van der Waals surface area contributed by atoms with E-state index < -0.39 is 0 Å². The molecule has 1 saturated heterocycles. The van der Waals surface area contributed by atoms with E-state index in [1.54, 1.807) is 16.8 Å². The number of fused-ring (bicyclic) bond motifs is 1. The zero-order valence-corrected chi connectivity index (χ0v) is 16.3. The van der Waals surface area contributed by atoms with Crippen LogP contribution in [0.15, 0.2) is 35.6 Å². The SMILES string of the molecule is O=C(CSc1ncnc2c1nnn2-c1cccc(Cl)c1)N1CCCCCC1. The maximum Gasteiger partial charge on any atom is 0.232 e. The van der Waals surface area contributed by atoms with Crippen molar-refractivity contribution in [2.45, 2.75) is 30.7 Å². The average molecular weight is 403 g/mol. The number of thioether (sulfide) groups is 1. The molecule has 3 heterocycles. The quantitative estimate of drug-likeness (QED) is 0.492. The molecule has 1 amide bonds. The van der Waals surface area contributed by atoms with Gasteiger partial charge < -0.3 is 4.90 Å². The van der Waals surface area contributed by atoms with Crippen molar-refractivity contribution in [2.75, 3.05) is 18.8 Å². The Morgan fingerprint density at radius 1 is 1.15 bits per heavy atom. The van der Waals surface area contributed by atoms with Crippen molar-refractivity contribution in [3.8, 4) is 5.69 Å². The molecule has 2 aromatic heterocycles. The van der Waals surface area contributed by atoms with E-state index in [9.17, 15) is 4.79 Å². The topological polar surface area (TPSA) is 76.8 Å². The second-order valence-corrected chi connectivity index (χ2v) is 7.82. The van der Waals surface area contributed by atoms with Crippen LogP contribution in [0.2, 0.25) is 5.02 Å². The molecule has 0 N–H and O–H groups in total. The van der Waals surface area contributed by atoms with Gasteiger partial charge in [0, 0.05) is 18.1 Å². The van der Waals surface area contributed by atoms with Gasteiger partial charge >= 0.3 is 0 Å². The summed E-state index contributed by atoms with van der Waals surface area (Å²) in [5.41, 5.74) is 1.96. The summed E-state index contributed by atoms with van der Waals surface area (Å²) >= 11 is 7.46. The van der Waals surface area contributed by atoms with Crippen molar-refractivity contribution in [1.29, 1.82) is 0 Å². The van der Waals surface area contributed by atoms with Gasteiger partial charge in [0.25, 0.3) is 0 Å². The Bertz CT molecular complexity index is 954. The van der Waals surface area contributed by atoms with Gasteiger partial charge in [0.05, 0.1) is 11.4 Å². The van der Waals surface area contributed by atoms with Gasteiger partial charge in [-0.2, -0.15) is 4.68 Å². The molecule has 4 rings (SSSR count). The number of rotatable bonds is 4. The van der Waals surface area contributed by atoms with Crippen LogP contribution in [-0.2, 0) is 4.79 Å². The van der Waals surface area contributed by atoms with Crippen molar-refractivity contribution in [2.24, 2.45) is 0 Å². The lowest BCUT2D eigenvalue weighted by molar-refractivity contribution is -0.128. The Morgan fingerprint density at radius 3 is 2.74 bits per heavy atom. The normalized spacial score (nSPS) is 15.1. The minimum atomic E-state index is 0.149. The van der Waals surface area contributed by atoms with Gasteiger partial charge in [-0.15, -0.1) is 5.10 Å². The van der Waals surface area contributed by atoms with E-state index >= 15 is 0 Å². The van der Waals surface area contributed by atoms with Gasteiger partial charge in [0.2, 0.25) is 5.91 Å². The van der Waals surface area contributed by atoms with E-state index in [0.29, 0.717) is 27.0 Å². The Labute approximate surface area is 166 Å². The van der Waals surface area contributed by atoms with Gasteiger partial charge in [-0.05, 0) is 31.0 Å². The van der Waals surface area contributed by atoms with Crippen molar-refractivity contribution in [3.05, 3.63) is 35.6 Å². The van der Waals surface area contributed by atoms with Crippen LogP contribution in [0.1, 0.15) is 25.7 Å². The van der Waals surface area contributed by atoms with Crippen LogP contribution >= 0.6 is 23.4 Å². The third-order valence-corrected chi connectivity index (χ3v) is 5.75.